The number of rotatable bonds is 5. The summed E-state index contributed by atoms with van der Waals surface area (Å²) < 4.78 is 0. The van der Waals surface area contributed by atoms with Gasteiger partial charge in [-0.05, 0) is 123 Å². The fourth-order valence-electron chi connectivity index (χ4n) is 9.18. The average molecular weight is 405 g/mol. The number of aliphatic hydroxyl groups excluding tert-OH is 2. The van der Waals surface area contributed by atoms with Gasteiger partial charge in [0.05, 0.1) is 12.2 Å². The number of aliphatic hydroxyl groups is 2. The van der Waals surface area contributed by atoms with Crippen molar-refractivity contribution >= 4 is 0 Å². The summed E-state index contributed by atoms with van der Waals surface area (Å²) >= 11 is 0. The van der Waals surface area contributed by atoms with Crippen LogP contribution in [0.5, 0.6) is 0 Å². The maximum absolute atomic E-state index is 10.3. The van der Waals surface area contributed by atoms with Crippen LogP contribution in [-0.4, -0.2) is 22.4 Å². The van der Waals surface area contributed by atoms with Crippen molar-refractivity contribution in [3.05, 3.63) is 0 Å². The molecule has 29 heavy (non-hydrogen) atoms. The SMILES string of the molecule is CC(C)C(O)CC[C@@H](C)[C@H]1CC[C@H]2[C@@H]3CC[C@@H]4C[C@@H](O)CC[C@]4(C)[C@H]3CC[C@]12C. The molecule has 0 saturated heterocycles. The second kappa shape index (κ2) is 8.12. The summed E-state index contributed by atoms with van der Waals surface area (Å²) in [6, 6.07) is 0. The third-order valence-electron chi connectivity index (χ3n) is 11.1. The minimum absolute atomic E-state index is 0.0311. The molecule has 4 aliphatic carbocycles. The van der Waals surface area contributed by atoms with Crippen molar-refractivity contribution in [3.8, 4) is 0 Å². The molecule has 4 saturated carbocycles. The molecular weight excluding hydrogens is 356 g/mol. The largest absolute Gasteiger partial charge is 0.393 e. The van der Waals surface area contributed by atoms with E-state index in [0.29, 0.717) is 16.7 Å². The van der Waals surface area contributed by atoms with E-state index < -0.39 is 0 Å². The maximum atomic E-state index is 10.3. The number of hydrogen-bond acceptors (Lipinski definition) is 2. The monoisotopic (exact) mass is 404 g/mol. The van der Waals surface area contributed by atoms with Crippen LogP contribution in [0, 0.1) is 52.3 Å². The molecule has 4 rings (SSSR count). The van der Waals surface area contributed by atoms with E-state index in [0.717, 1.165) is 54.8 Å². The molecule has 2 N–H and O–H groups in total. The van der Waals surface area contributed by atoms with Gasteiger partial charge in [-0.3, -0.25) is 0 Å². The normalized spacial score (nSPS) is 49.2. The molecular formula is C27H48O2. The molecule has 0 heterocycles. The second-order valence-electron chi connectivity index (χ2n) is 12.7. The lowest BCUT2D eigenvalue weighted by Crippen LogP contribution is -2.54. The van der Waals surface area contributed by atoms with Gasteiger partial charge in [0.15, 0.2) is 0 Å². The molecule has 168 valence electrons. The lowest BCUT2D eigenvalue weighted by Gasteiger charge is -2.61. The Labute approximate surface area is 180 Å². The van der Waals surface area contributed by atoms with Crippen molar-refractivity contribution in [1.82, 2.24) is 0 Å². The number of fused-ring (bicyclic) bond motifs is 5. The van der Waals surface area contributed by atoms with Crippen LogP contribution >= 0.6 is 0 Å². The summed E-state index contributed by atoms with van der Waals surface area (Å²) in [4.78, 5) is 0. The van der Waals surface area contributed by atoms with Gasteiger partial charge in [0.1, 0.15) is 0 Å². The third-order valence-corrected chi connectivity index (χ3v) is 11.1. The van der Waals surface area contributed by atoms with Gasteiger partial charge < -0.3 is 10.2 Å². The molecule has 0 amide bonds. The van der Waals surface area contributed by atoms with E-state index >= 15 is 0 Å². The Hall–Kier alpha value is -0.0800. The molecule has 0 aliphatic heterocycles. The molecule has 0 spiro atoms. The van der Waals surface area contributed by atoms with Crippen molar-refractivity contribution < 1.29 is 10.2 Å². The molecule has 0 bridgehead atoms. The molecule has 4 aliphatic rings. The zero-order chi connectivity index (χ0) is 21.0. The van der Waals surface area contributed by atoms with Crippen molar-refractivity contribution in [1.29, 1.82) is 0 Å². The van der Waals surface area contributed by atoms with E-state index in [1.165, 1.54) is 51.4 Å². The molecule has 0 radical (unpaired) electrons. The summed E-state index contributed by atoms with van der Waals surface area (Å²) in [5.41, 5.74) is 1.02. The molecule has 0 aromatic carbocycles. The minimum Gasteiger partial charge on any atom is -0.393 e. The van der Waals surface area contributed by atoms with E-state index in [9.17, 15) is 10.2 Å². The highest BCUT2D eigenvalue weighted by Crippen LogP contribution is 2.68. The van der Waals surface area contributed by atoms with Crippen molar-refractivity contribution in [2.24, 2.45) is 52.3 Å². The van der Waals surface area contributed by atoms with Crippen LogP contribution in [0.25, 0.3) is 0 Å². The lowest BCUT2D eigenvalue weighted by molar-refractivity contribution is -0.129. The highest BCUT2D eigenvalue weighted by atomic mass is 16.3. The Bertz CT molecular complexity index is 573. The molecule has 2 nitrogen and oxygen atoms in total. The Balaban J connectivity index is 1.46. The topological polar surface area (TPSA) is 40.5 Å². The standard InChI is InChI=1S/C27H48O2/c1-17(2)25(29)11-6-18(3)22-9-10-23-21-8-7-19-16-20(28)12-14-26(19,4)24(21)13-15-27(22,23)5/h17-25,28-29H,6-16H2,1-5H3/t18-,19-,20+,21+,22-,23+,24+,25?,26+,27-/m1/s1. The first-order valence-corrected chi connectivity index (χ1v) is 13.0. The quantitative estimate of drug-likeness (QED) is 0.553. The van der Waals surface area contributed by atoms with Crippen molar-refractivity contribution in [3.63, 3.8) is 0 Å². The second-order valence-corrected chi connectivity index (χ2v) is 12.7. The zero-order valence-electron chi connectivity index (χ0n) is 19.9. The molecule has 1 unspecified atom stereocenters. The van der Waals surface area contributed by atoms with Crippen molar-refractivity contribution in [2.75, 3.05) is 0 Å². The van der Waals surface area contributed by atoms with Gasteiger partial charge in [-0.25, -0.2) is 0 Å². The van der Waals surface area contributed by atoms with Crippen LogP contribution < -0.4 is 0 Å². The summed E-state index contributed by atoms with van der Waals surface area (Å²) in [6.07, 6.45) is 13.9. The van der Waals surface area contributed by atoms with Crippen LogP contribution in [0.2, 0.25) is 0 Å². The summed E-state index contributed by atoms with van der Waals surface area (Å²) in [6.45, 7) is 12.0. The Morgan fingerprint density at radius 2 is 1.52 bits per heavy atom. The van der Waals surface area contributed by atoms with E-state index in [2.05, 4.69) is 34.6 Å². The van der Waals surface area contributed by atoms with Crippen LogP contribution in [-0.2, 0) is 0 Å². The molecule has 4 fully saturated rings. The van der Waals surface area contributed by atoms with Crippen LogP contribution in [0.1, 0.15) is 105 Å². The van der Waals surface area contributed by atoms with E-state index in [1.807, 2.05) is 0 Å². The van der Waals surface area contributed by atoms with Crippen molar-refractivity contribution in [2.45, 2.75) is 117 Å². The Kier molecular flexibility index (Phi) is 6.19. The van der Waals surface area contributed by atoms with Gasteiger partial charge in [0.2, 0.25) is 0 Å². The predicted octanol–water partition coefficient (Wildman–Crippen LogP) is 6.44. The highest BCUT2D eigenvalue weighted by molar-refractivity contribution is 5.09. The molecule has 2 heteroatoms. The average Bonchev–Trinajstić information content (AvgIpc) is 3.03. The minimum atomic E-state index is -0.130. The Morgan fingerprint density at radius 3 is 2.24 bits per heavy atom. The van der Waals surface area contributed by atoms with Gasteiger partial charge in [0.25, 0.3) is 0 Å². The van der Waals surface area contributed by atoms with E-state index in [4.69, 9.17) is 0 Å². The first kappa shape index (κ1) is 22.1. The summed E-state index contributed by atoms with van der Waals surface area (Å²) in [7, 11) is 0. The highest BCUT2D eigenvalue weighted by Gasteiger charge is 2.60. The Morgan fingerprint density at radius 1 is 0.828 bits per heavy atom. The van der Waals surface area contributed by atoms with Gasteiger partial charge in [-0.2, -0.15) is 0 Å². The van der Waals surface area contributed by atoms with Gasteiger partial charge in [-0.1, -0.05) is 34.6 Å². The van der Waals surface area contributed by atoms with Gasteiger partial charge >= 0.3 is 0 Å². The summed E-state index contributed by atoms with van der Waals surface area (Å²) in [5, 5.41) is 20.6. The maximum Gasteiger partial charge on any atom is 0.0563 e. The predicted molar refractivity (Wildman–Crippen MR) is 120 cm³/mol. The first-order valence-electron chi connectivity index (χ1n) is 13.0. The van der Waals surface area contributed by atoms with Crippen LogP contribution in [0.3, 0.4) is 0 Å². The molecule has 10 atom stereocenters. The summed E-state index contributed by atoms with van der Waals surface area (Å²) in [5.74, 6) is 5.51. The van der Waals surface area contributed by atoms with E-state index in [-0.39, 0.29) is 12.2 Å². The fourth-order valence-corrected chi connectivity index (χ4v) is 9.18. The van der Waals surface area contributed by atoms with E-state index in [1.54, 1.807) is 0 Å². The van der Waals surface area contributed by atoms with Gasteiger partial charge in [-0.15, -0.1) is 0 Å². The van der Waals surface area contributed by atoms with Crippen LogP contribution in [0.15, 0.2) is 0 Å². The first-order chi connectivity index (χ1) is 13.7. The smallest absolute Gasteiger partial charge is 0.0563 e. The van der Waals surface area contributed by atoms with Gasteiger partial charge in [0, 0.05) is 0 Å². The molecule has 0 aromatic heterocycles. The third kappa shape index (κ3) is 3.73. The lowest BCUT2D eigenvalue weighted by atomic mass is 9.44. The zero-order valence-corrected chi connectivity index (χ0v) is 19.9. The molecule has 0 aromatic rings. The van der Waals surface area contributed by atoms with Crippen LogP contribution in [0.4, 0.5) is 0 Å². The fraction of sp³-hybridized carbons (Fsp3) is 1.00. The number of hydrogen-bond donors (Lipinski definition) is 2.